The predicted octanol–water partition coefficient (Wildman–Crippen LogP) is 2.43. The van der Waals surface area contributed by atoms with Gasteiger partial charge in [-0.15, -0.1) is 0 Å². The number of rotatable bonds is 5. The summed E-state index contributed by atoms with van der Waals surface area (Å²) < 4.78 is 5.03. The summed E-state index contributed by atoms with van der Waals surface area (Å²) in [5, 5.41) is 12.0. The molecule has 2 aliphatic rings. The van der Waals surface area contributed by atoms with Crippen molar-refractivity contribution in [3.63, 3.8) is 0 Å². The van der Waals surface area contributed by atoms with E-state index in [0.717, 1.165) is 32.2 Å². The standard InChI is InChI=1S/C18H28N6O4/c1-3-14-7-5-6-8-23(14)17-15(24(26)27)16(19-13-20-17)21-9-11-22(12-10-21)18(25)28-4-2/h13-14H,3-12H2,1-2H3. The number of piperidine rings is 1. The number of nitrogens with zero attached hydrogens (tertiary/aromatic N) is 6. The van der Waals surface area contributed by atoms with Crippen LogP contribution in [0, 0.1) is 10.1 Å². The lowest BCUT2D eigenvalue weighted by atomic mass is 10.00. The highest BCUT2D eigenvalue weighted by atomic mass is 16.6. The van der Waals surface area contributed by atoms with Crippen LogP contribution in [0.15, 0.2) is 6.33 Å². The van der Waals surface area contributed by atoms with Gasteiger partial charge in [-0.1, -0.05) is 6.92 Å². The molecule has 0 spiro atoms. The summed E-state index contributed by atoms with van der Waals surface area (Å²) >= 11 is 0. The number of carbonyl (C=O) groups is 1. The maximum Gasteiger partial charge on any atom is 0.409 e. The average Bonchev–Trinajstić information content (AvgIpc) is 2.73. The molecular weight excluding hydrogens is 364 g/mol. The molecule has 10 nitrogen and oxygen atoms in total. The Hall–Kier alpha value is -2.65. The zero-order valence-corrected chi connectivity index (χ0v) is 16.5. The summed E-state index contributed by atoms with van der Waals surface area (Å²) in [4.78, 5) is 37.6. The highest BCUT2D eigenvalue weighted by molar-refractivity contribution is 5.72. The van der Waals surface area contributed by atoms with Gasteiger partial charge in [-0.2, -0.15) is 0 Å². The van der Waals surface area contributed by atoms with Crippen LogP contribution in [0.25, 0.3) is 0 Å². The largest absolute Gasteiger partial charge is 0.450 e. The van der Waals surface area contributed by atoms with Gasteiger partial charge in [0.1, 0.15) is 6.33 Å². The van der Waals surface area contributed by atoms with Gasteiger partial charge in [-0.25, -0.2) is 14.8 Å². The van der Waals surface area contributed by atoms with Gasteiger partial charge in [0.15, 0.2) is 0 Å². The molecule has 154 valence electrons. The normalized spacial score (nSPS) is 20.2. The molecule has 1 unspecified atom stereocenters. The van der Waals surface area contributed by atoms with Crippen LogP contribution < -0.4 is 9.80 Å². The van der Waals surface area contributed by atoms with Gasteiger partial charge >= 0.3 is 11.8 Å². The molecule has 1 atom stereocenters. The quantitative estimate of drug-likeness (QED) is 0.556. The maximum atomic E-state index is 12.0. The SMILES string of the molecule is CCOC(=O)N1CCN(c2ncnc(N3CCCCC3CC)c2[N+](=O)[O-])CC1. The van der Waals surface area contributed by atoms with Gasteiger partial charge in [-0.3, -0.25) is 10.1 Å². The minimum absolute atomic E-state index is 0.0348. The lowest BCUT2D eigenvalue weighted by molar-refractivity contribution is -0.383. The third-order valence-electron chi connectivity index (χ3n) is 5.44. The first kappa shape index (κ1) is 20.1. The molecule has 0 N–H and O–H groups in total. The summed E-state index contributed by atoms with van der Waals surface area (Å²) in [5.74, 6) is 0.744. The van der Waals surface area contributed by atoms with Crippen LogP contribution in [-0.4, -0.2) is 71.3 Å². The number of aromatic nitrogens is 2. The Labute approximate surface area is 164 Å². The smallest absolute Gasteiger partial charge is 0.409 e. The zero-order chi connectivity index (χ0) is 20.1. The second-order valence-corrected chi connectivity index (χ2v) is 7.05. The van der Waals surface area contributed by atoms with Crippen molar-refractivity contribution in [2.75, 3.05) is 49.1 Å². The van der Waals surface area contributed by atoms with Crippen LogP contribution in [0.1, 0.15) is 39.5 Å². The monoisotopic (exact) mass is 392 g/mol. The molecule has 0 radical (unpaired) electrons. The number of hydrogen-bond donors (Lipinski definition) is 0. The van der Waals surface area contributed by atoms with E-state index in [-0.39, 0.29) is 22.7 Å². The Morgan fingerprint density at radius 3 is 2.54 bits per heavy atom. The second kappa shape index (κ2) is 9.03. The topological polar surface area (TPSA) is 105 Å². The molecule has 3 heterocycles. The van der Waals surface area contributed by atoms with Gasteiger partial charge < -0.3 is 19.4 Å². The van der Waals surface area contributed by atoms with Gasteiger partial charge in [0.2, 0.25) is 11.6 Å². The third-order valence-corrected chi connectivity index (χ3v) is 5.44. The Kier molecular flexibility index (Phi) is 6.48. The zero-order valence-electron chi connectivity index (χ0n) is 16.5. The average molecular weight is 392 g/mol. The van der Waals surface area contributed by atoms with Crippen molar-refractivity contribution in [2.24, 2.45) is 0 Å². The summed E-state index contributed by atoms with van der Waals surface area (Å²) in [7, 11) is 0. The lowest BCUT2D eigenvalue weighted by Crippen LogP contribution is -2.49. The molecule has 0 saturated carbocycles. The van der Waals surface area contributed by atoms with Crippen molar-refractivity contribution in [1.82, 2.24) is 14.9 Å². The van der Waals surface area contributed by atoms with Crippen molar-refractivity contribution in [3.8, 4) is 0 Å². The number of carbonyl (C=O) groups excluding carboxylic acids is 1. The van der Waals surface area contributed by atoms with E-state index in [2.05, 4.69) is 21.8 Å². The van der Waals surface area contributed by atoms with E-state index in [1.165, 1.54) is 6.33 Å². The first-order valence-corrected chi connectivity index (χ1v) is 9.99. The molecule has 3 rings (SSSR count). The number of amides is 1. The fourth-order valence-electron chi connectivity index (χ4n) is 3.98. The first-order chi connectivity index (χ1) is 13.6. The molecule has 1 aromatic heterocycles. The molecule has 2 fully saturated rings. The number of piperazine rings is 1. The van der Waals surface area contributed by atoms with Gasteiger partial charge in [0.05, 0.1) is 11.5 Å². The van der Waals surface area contributed by atoms with E-state index in [0.29, 0.717) is 44.4 Å². The molecule has 0 aromatic carbocycles. The van der Waals surface area contributed by atoms with E-state index in [4.69, 9.17) is 4.74 Å². The Morgan fingerprint density at radius 2 is 1.89 bits per heavy atom. The Morgan fingerprint density at radius 1 is 1.18 bits per heavy atom. The van der Waals surface area contributed by atoms with Gasteiger partial charge in [-0.05, 0) is 32.6 Å². The van der Waals surface area contributed by atoms with E-state index < -0.39 is 0 Å². The summed E-state index contributed by atoms with van der Waals surface area (Å²) in [6, 6.07) is 0.260. The minimum atomic E-state index is -0.371. The van der Waals surface area contributed by atoms with Crippen molar-refractivity contribution < 1.29 is 14.5 Å². The van der Waals surface area contributed by atoms with E-state index in [1.54, 1.807) is 11.8 Å². The van der Waals surface area contributed by atoms with Crippen LogP contribution >= 0.6 is 0 Å². The van der Waals surface area contributed by atoms with Crippen LogP contribution in [0.5, 0.6) is 0 Å². The molecule has 28 heavy (non-hydrogen) atoms. The van der Waals surface area contributed by atoms with E-state index in [9.17, 15) is 14.9 Å². The first-order valence-electron chi connectivity index (χ1n) is 9.99. The lowest BCUT2D eigenvalue weighted by Gasteiger charge is -2.37. The fourth-order valence-corrected chi connectivity index (χ4v) is 3.98. The van der Waals surface area contributed by atoms with E-state index in [1.807, 2.05) is 4.90 Å². The molecule has 2 aliphatic heterocycles. The van der Waals surface area contributed by atoms with Crippen molar-refractivity contribution >= 4 is 23.4 Å². The molecule has 1 aromatic rings. The van der Waals surface area contributed by atoms with E-state index >= 15 is 0 Å². The van der Waals surface area contributed by atoms with Crippen molar-refractivity contribution in [1.29, 1.82) is 0 Å². The van der Waals surface area contributed by atoms with Crippen LogP contribution in [0.3, 0.4) is 0 Å². The van der Waals surface area contributed by atoms with Crippen molar-refractivity contribution in [2.45, 2.75) is 45.6 Å². The second-order valence-electron chi connectivity index (χ2n) is 7.05. The fraction of sp³-hybridized carbons (Fsp3) is 0.722. The number of ether oxygens (including phenoxy) is 1. The molecular formula is C18H28N6O4. The molecule has 1 amide bonds. The van der Waals surface area contributed by atoms with Crippen LogP contribution in [0.4, 0.5) is 22.1 Å². The molecule has 0 bridgehead atoms. The third kappa shape index (κ3) is 4.10. The summed E-state index contributed by atoms with van der Waals surface area (Å²) in [6.45, 7) is 6.78. The summed E-state index contributed by atoms with van der Waals surface area (Å²) in [6.07, 6.45) is 5.15. The molecule has 0 aliphatic carbocycles. The predicted molar refractivity (Wildman–Crippen MR) is 105 cm³/mol. The Balaban J connectivity index is 1.84. The van der Waals surface area contributed by atoms with Crippen LogP contribution in [-0.2, 0) is 4.74 Å². The van der Waals surface area contributed by atoms with Gasteiger partial charge in [0.25, 0.3) is 0 Å². The maximum absolute atomic E-state index is 12.0. The highest BCUT2D eigenvalue weighted by Gasteiger charge is 2.35. The van der Waals surface area contributed by atoms with Crippen LogP contribution in [0.2, 0.25) is 0 Å². The summed E-state index contributed by atoms with van der Waals surface area (Å²) in [5.41, 5.74) is -0.0348. The van der Waals surface area contributed by atoms with Gasteiger partial charge in [0, 0.05) is 38.8 Å². The molecule has 10 heteroatoms. The Bertz CT molecular complexity index is 707. The number of anilines is 2. The molecule has 2 saturated heterocycles. The minimum Gasteiger partial charge on any atom is -0.450 e. The highest BCUT2D eigenvalue weighted by Crippen LogP contribution is 2.37. The number of hydrogen-bond acceptors (Lipinski definition) is 8. The number of nitro groups is 1. The van der Waals surface area contributed by atoms with Crippen molar-refractivity contribution in [3.05, 3.63) is 16.4 Å².